The monoisotopic (exact) mass is 85.1 g/mol. The normalized spacial score (nSPS) is 11.8. The maximum atomic E-state index is 2.20. The van der Waals surface area contributed by atoms with Gasteiger partial charge < -0.3 is 0 Å². The van der Waals surface area contributed by atoms with Crippen molar-refractivity contribution in [1.29, 1.82) is 0 Å². The van der Waals surface area contributed by atoms with Crippen LogP contribution in [0.25, 0.3) is 0 Å². The van der Waals surface area contributed by atoms with Gasteiger partial charge in [-0.15, -0.1) is 0 Å². The molecule has 0 aliphatic heterocycles. The van der Waals surface area contributed by atoms with E-state index in [1.165, 1.54) is 0 Å². The van der Waals surface area contributed by atoms with Crippen LogP contribution >= 0.6 is 0 Å². The minimum atomic E-state index is 0.528. The Morgan fingerprint density at radius 3 is 1.20 bits per heavy atom. The van der Waals surface area contributed by atoms with Crippen molar-refractivity contribution in [1.82, 2.24) is 0 Å². The second-order valence-electron chi connectivity index (χ2n) is 2.56. The summed E-state index contributed by atoms with van der Waals surface area (Å²) in [6.45, 7) is 6.60. The highest BCUT2D eigenvalue weighted by Crippen LogP contribution is 2.13. The largest absolute Gasteiger partial charge is 0.182 e. The Bertz CT molecular complexity index is 19.1. The number of rotatable bonds is 0. The molecule has 0 atom stereocenters. The predicted molar refractivity (Wildman–Crippen MR) is 26.9 cm³/mol. The summed E-state index contributed by atoms with van der Waals surface area (Å²) in [7, 11) is 0. The fraction of sp³-hybridized carbons (Fsp3) is 1.00. The van der Waals surface area contributed by atoms with E-state index in [-0.39, 0.29) is 0 Å². The van der Waals surface area contributed by atoms with Crippen LogP contribution in [0.2, 0.25) is 4.28 Å². The quantitative estimate of drug-likeness (QED) is 0.386. The topological polar surface area (TPSA) is 0 Å². The molecule has 0 aromatic carbocycles. The molecular weight excluding hydrogens is 75.0 g/mol. The van der Waals surface area contributed by atoms with Crippen molar-refractivity contribution in [3.8, 4) is 0 Å². The van der Waals surface area contributed by atoms with Gasteiger partial charge in [-0.25, -0.2) is 0 Å². The molecule has 0 nitrogen and oxygen atoms in total. The first-order valence-electron chi connectivity index (χ1n) is 1.85. The van der Waals surface area contributed by atoms with Gasteiger partial charge in [-0.3, -0.25) is 0 Å². The maximum Gasteiger partial charge on any atom is 0.182 e. The third-order valence-electron chi connectivity index (χ3n) is 0. The Kier molecular flexibility index (Phi) is 1.47. The summed E-state index contributed by atoms with van der Waals surface area (Å²) in [5, 5.41) is 0. The molecule has 0 aromatic heterocycles. The van der Waals surface area contributed by atoms with E-state index >= 15 is 0 Å². The Labute approximate surface area is 42.0 Å². The molecule has 0 N–H and O–H groups in total. The van der Waals surface area contributed by atoms with E-state index in [1.807, 2.05) is 16.3 Å². The van der Waals surface area contributed by atoms with Gasteiger partial charge in [0.05, 0.1) is 0 Å². The van der Waals surface area contributed by atoms with Gasteiger partial charge in [0.2, 0.25) is 0 Å². The molecule has 1 heteroatoms. The van der Waals surface area contributed by atoms with Gasteiger partial charge in [-0.1, -0.05) is 25.0 Å². The van der Waals surface area contributed by atoms with Crippen molar-refractivity contribution in [3.05, 3.63) is 0 Å². The van der Waals surface area contributed by atoms with Gasteiger partial charge >= 0.3 is 0 Å². The summed E-state index contributed by atoms with van der Waals surface area (Å²) >= 11 is 2.01. The number of hydrogen-bond acceptors (Lipinski definition) is 0. The standard InChI is InChI=1S/C4H9.Al.H/c1-4(2)3;;/h1-3H3;;. The SMILES string of the molecule is C[C](C)(C)[AlH]. The summed E-state index contributed by atoms with van der Waals surface area (Å²) < 4.78 is 0.528. The highest BCUT2D eigenvalue weighted by atomic mass is 27.0. The van der Waals surface area contributed by atoms with Crippen molar-refractivity contribution >= 4 is 16.3 Å². The fourth-order valence-corrected chi connectivity index (χ4v) is 0. The lowest BCUT2D eigenvalue weighted by atomic mass is 10.2. The van der Waals surface area contributed by atoms with E-state index in [4.69, 9.17) is 0 Å². The van der Waals surface area contributed by atoms with E-state index in [0.717, 1.165) is 0 Å². The Balaban J connectivity index is 3.02. The molecule has 0 bridgehead atoms. The Morgan fingerprint density at radius 1 is 1.20 bits per heavy atom. The third kappa shape index (κ3) is 103. The Hall–Kier alpha value is 0.532. The smallest absolute Gasteiger partial charge is 0.0957 e. The van der Waals surface area contributed by atoms with Gasteiger partial charge in [-0.05, 0) is 0 Å². The van der Waals surface area contributed by atoms with E-state index in [2.05, 4.69) is 20.8 Å². The molecule has 0 aliphatic carbocycles. The van der Waals surface area contributed by atoms with Gasteiger partial charge in [0.25, 0.3) is 0 Å². The highest BCUT2D eigenvalue weighted by molar-refractivity contribution is 6.14. The second kappa shape index (κ2) is 1.33. The zero-order valence-corrected chi connectivity index (χ0v) is 5.62. The van der Waals surface area contributed by atoms with Crippen LogP contribution in [0.5, 0.6) is 0 Å². The van der Waals surface area contributed by atoms with Crippen molar-refractivity contribution < 1.29 is 0 Å². The van der Waals surface area contributed by atoms with Crippen LogP contribution in [0, 0.1) is 0 Å². The van der Waals surface area contributed by atoms with Gasteiger partial charge in [0.15, 0.2) is 16.3 Å². The lowest BCUT2D eigenvalue weighted by molar-refractivity contribution is 0.767. The van der Waals surface area contributed by atoms with Crippen molar-refractivity contribution in [2.45, 2.75) is 25.0 Å². The van der Waals surface area contributed by atoms with Crippen LogP contribution in [0.3, 0.4) is 0 Å². The highest BCUT2D eigenvalue weighted by Gasteiger charge is 1.95. The van der Waals surface area contributed by atoms with Crippen molar-refractivity contribution in [2.24, 2.45) is 0 Å². The van der Waals surface area contributed by atoms with Crippen molar-refractivity contribution in [2.75, 3.05) is 0 Å². The van der Waals surface area contributed by atoms with Crippen LogP contribution < -0.4 is 0 Å². The first-order chi connectivity index (χ1) is 2.00. The summed E-state index contributed by atoms with van der Waals surface area (Å²) in [6, 6.07) is 0. The molecular formula is C4H10Al. The molecule has 29 valence electrons. The zero-order chi connectivity index (χ0) is 4.50. The molecule has 0 unspecified atom stereocenters. The van der Waals surface area contributed by atoms with Gasteiger partial charge in [0.1, 0.15) is 0 Å². The molecule has 0 aromatic rings. The van der Waals surface area contributed by atoms with Gasteiger partial charge in [0, 0.05) is 0 Å². The number of hydrogen-bond donors (Lipinski definition) is 0. The average Bonchev–Trinajstić information content (AvgIpc) is 0.722. The molecule has 0 amide bonds. The summed E-state index contributed by atoms with van der Waals surface area (Å²) in [5.74, 6) is 0. The molecule has 0 heterocycles. The van der Waals surface area contributed by atoms with E-state index < -0.39 is 0 Å². The second-order valence-corrected chi connectivity index (χ2v) is 4.68. The summed E-state index contributed by atoms with van der Waals surface area (Å²) in [5.41, 5.74) is 0. The molecule has 0 spiro atoms. The van der Waals surface area contributed by atoms with E-state index in [9.17, 15) is 0 Å². The van der Waals surface area contributed by atoms with E-state index in [1.54, 1.807) is 0 Å². The molecule has 0 aliphatic rings. The Morgan fingerprint density at radius 2 is 1.20 bits per heavy atom. The van der Waals surface area contributed by atoms with Crippen LogP contribution in [0.15, 0.2) is 0 Å². The minimum absolute atomic E-state index is 0.528. The molecule has 0 saturated carbocycles. The molecule has 0 saturated heterocycles. The molecule has 5 heavy (non-hydrogen) atoms. The summed E-state index contributed by atoms with van der Waals surface area (Å²) in [4.78, 5) is 0. The lowest BCUT2D eigenvalue weighted by Crippen LogP contribution is -1.90. The van der Waals surface area contributed by atoms with Gasteiger partial charge in [-0.2, -0.15) is 0 Å². The molecule has 0 fully saturated rings. The maximum absolute atomic E-state index is 2.20. The minimum Gasteiger partial charge on any atom is -0.0957 e. The van der Waals surface area contributed by atoms with Crippen molar-refractivity contribution in [3.63, 3.8) is 0 Å². The van der Waals surface area contributed by atoms with Crippen LogP contribution in [-0.4, -0.2) is 16.3 Å². The summed E-state index contributed by atoms with van der Waals surface area (Å²) in [6.07, 6.45) is 0. The third-order valence-corrected chi connectivity index (χ3v) is 0. The zero-order valence-electron chi connectivity index (χ0n) is 4.21. The predicted octanol–water partition coefficient (Wildman–Crippen LogP) is 1.11. The van der Waals surface area contributed by atoms with Crippen LogP contribution in [0.1, 0.15) is 20.8 Å². The fourth-order valence-electron chi connectivity index (χ4n) is 0. The molecule has 1 radical (unpaired) electrons. The van der Waals surface area contributed by atoms with E-state index in [0.29, 0.717) is 4.28 Å². The van der Waals surface area contributed by atoms with Crippen LogP contribution in [-0.2, 0) is 0 Å². The molecule has 0 rings (SSSR count). The average molecular weight is 85.1 g/mol. The lowest BCUT2D eigenvalue weighted by Gasteiger charge is -2.05. The van der Waals surface area contributed by atoms with Crippen LogP contribution in [0.4, 0.5) is 0 Å². The first-order valence-corrected chi connectivity index (χ1v) is 2.56. The first kappa shape index (κ1) is 5.53.